The van der Waals surface area contributed by atoms with Gasteiger partial charge in [-0.05, 0) is 12.8 Å². The fourth-order valence-corrected chi connectivity index (χ4v) is 2.02. The number of carboxylic acids is 1. The van der Waals surface area contributed by atoms with Crippen LogP contribution in [0.2, 0.25) is 0 Å². The van der Waals surface area contributed by atoms with E-state index >= 15 is 0 Å². The number of imide groups is 1. The molecule has 0 aromatic heterocycles. The van der Waals surface area contributed by atoms with Gasteiger partial charge in [0.25, 0.3) is 0 Å². The zero-order chi connectivity index (χ0) is 9.59. The van der Waals surface area contributed by atoms with Crippen molar-refractivity contribution in [2.75, 3.05) is 0 Å². The molecule has 6 heteroatoms. The van der Waals surface area contributed by atoms with E-state index in [1.54, 1.807) is 0 Å². The predicted molar refractivity (Wildman–Crippen MR) is 41.7 cm³/mol. The minimum absolute atomic E-state index is 0. The van der Waals surface area contributed by atoms with Crippen LogP contribution in [0.3, 0.4) is 0 Å². The van der Waals surface area contributed by atoms with Gasteiger partial charge >= 0.3 is 57.4 Å². The van der Waals surface area contributed by atoms with Crippen LogP contribution < -0.4 is 51.4 Å². The molecule has 2 unspecified atom stereocenters. The number of carbonyl (C=O) groups is 3. The molecule has 0 spiro atoms. The maximum absolute atomic E-state index is 11.4. The Bertz CT molecular complexity index is 309. The van der Waals surface area contributed by atoms with Gasteiger partial charge in [-0.3, -0.25) is 19.3 Å². The van der Waals surface area contributed by atoms with Crippen molar-refractivity contribution in [3.05, 3.63) is 0 Å². The average molecular weight is 223 g/mol. The Kier molecular flexibility index (Phi) is 3.87. The van der Waals surface area contributed by atoms with Gasteiger partial charge < -0.3 is 6.53 Å². The van der Waals surface area contributed by atoms with Crippen LogP contribution in [0.5, 0.6) is 0 Å². The first-order chi connectivity index (χ1) is 6.11. The second kappa shape index (κ2) is 4.40. The minimum atomic E-state index is -1.12. The topological polar surface area (TPSA) is 74.7 Å². The quantitative estimate of drug-likeness (QED) is 0.287. The second-order valence-corrected chi connectivity index (χ2v) is 3.42. The molecule has 5 nitrogen and oxygen atoms in total. The smallest absolute Gasteiger partial charge is 1.00 e. The first-order valence-electron chi connectivity index (χ1n) is 4.20. The van der Waals surface area contributed by atoms with Crippen molar-refractivity contribution >= 4 is 17.8 Å². The van der Waals surface area contributed by atoms with Gasteiger partial charge in [0, 0.05) is 12.5 Å². The second-order valence-electron chi connectivity index (χ2n) is 3.42. The van der Waals surface area contributed by atoms with Crippen LogP contribution in [0, 0.1) is 5.92 Å². The van der Waals surface area contributed by atoms with Gasteiger partial charge in [0.15, 0.2) is 0 Å². The van der Waals surface area contributed by atoms with Gasteiger partial charge in [-0.1, -0.05) is 0 Å². The van der Waals surface area contributed by atoms with E-state index < -0.39 is 17.8 Å². The fraction of sp³-hybridized carbons (Fsp3) is 0.625. The van der Waals surface area contributed by atoms with Gasteiger partial charge in [-0.15, -0.1) is 0 Å². The summed E-state index contributed by atoms with van der Waals surface area (Å²) in [6.45, 7) is 0. The molecule has 2 fully saturated rings. The third-order valence-electron chi connectivity index (χ3n) is 2.67. The maximum atomic E-state index is 11.4. The SMILES string of the molecule is O=C(O)C1CC2CCC(=O)N2C1=O.[H-].[K+]. The van der Waals surface area contributed by atoms with E-state index in [4.69, 9.17) is 5.11 Å². The Hall–Kier alpha value is 0.246. The van der Waals surface area contributed by atoms with Crippen LogP contribution in [0.25, 0.3) is 0 Å². The van der Waals surface area contributed by atoms with Crippen molar-refractivity contribution < 1.29 is 72.3 Å². The normalized spacial score (nSPS) is 30.1. The van der Waals surface area contributed by atoms with E-state index in [-0.39, 0.29) is 64.8 Å². The summed E-state index contributed by atoms with van der Waals surface area (Å²) in [4.78, 5) is 34.2. The van der Waals surface area contributed by atoms with E-state index in [0.717, 1.165) is 4.90 Å². The molecule has 0 aromatic rings. The first kappa shape index (κ1) is 12.3. The van der Waals surface area contributed by atoms with Crippen molar-refractivity contribution in [3.63, 3.8) is 0 Å². The molecular weight excluding hydrogens is 213 g/mol. The Balaban J connectivity index is 0.000000980. The number of aliphatic carboxylic acids is 1. The van der Waals surface area contributed by atoms with Gasteiger partial charge in [0.05, 0.1) is 0 Å². The standard InChI is InChI=1S/C8H9NO4.K.H/c10-6-2-1-4-3-5(8(12)13)7(11)9(4)6;;/h4-5H,1-3H2,(H,12,13);;/q;+1;-1. The predicted octanol–water partition coefficient (Wildman–Crippen LogP) is -3.27. The van der Waals surface area contributed by atoms with E-state index in [2.05, 4.69) is 0 Å². The zero-order valence-electron chi connectivity index (χ0n) is 8.90. The van der Waals surface area contributed by atoms with Crippen molar-refractivity contribution in [3.8, 4) is 0 Å². The zero-order valence-corrected chi connectivity index (χ0v) is 11.0. The summed E-state index contributed by atoms with van der Waals surface area (Å²) in [6.07, 6.45) is 1.29. The molecule has 2 saturated heterocycles. The molecule has 0 radical (unpaired) electrons. The molecule has 2 atom stereocenters. The van der Waals surface area contributed by atoms with Crippen LogP contribution >= 0.6 is 0 Å². The number of nitrogens with zero attached hydrogens (tertiary/aromatic N) is 1. The van der Waals surface area contributed by atoms with Crippen molar-refractivity contribution in [2.45, 2.75) is 25.3 Å². The van der Waals surface area contributed by atoms with Crippen LogP contribution in [-0.4, -0.2) is 33.8 Å². The van der Waals surface area contributed by atoms with Crippen LogP contribution in [0.4, 0.5) is 0 Å². The average Bonchev–Trinajstić information content (AvgIpc) is 2.55. The monoisotopic (exact) mass is 223 g/mol. The third kappa shape index (κ3) is 1.81. The molecule has 0 saturated carbocycles. The first-order valence-corrected chi connectivity index (χ1v) is 4.20. The number of amides is 2. The van der Waals surface area contributed by atoms with Gasteiger partial charge in [0.1, 0.15) is 5.92 Å². The summed E-state index contributed by atoms with van der Waals surface area (Å²) >= 11 is 0. The molecule has 2 rings (SSSR count). The fourth-order valence-electron chi connectivity index (χ4n) is 2.02. The summed E-state index contributed by atoms with van der Waals surface area (Å²) < 4.78 is 0. The van der Waals surface area contributed by atoms with Crippen LogP contribution in [0.15, 0.2) is 0 Å². The Labute approximate surface area is 125 Å². The van der Waals surface area contributed by atoms with Gasteiger partial charge in [0.2, 0.25) is 11.8 Å². The molecule has 0 aromatic carbocycles. The minimum Gasteiger partial charge on any atom is -1.00 e. The van der Waals surface area contributed by atoms with Crippen LogP contribution in [0.1, 0.15) is 20.7 Å². The van der Waals surface area contributed by atoms with Crippen molar-refractivity contribution in [1.82, 2.24) is 4.90 Å². The summed E-state index contributed by atoms with van der Waals surface area (Å²) in [5.41, 5.74) is 0. The van der Waals surface area contributed by atoms with E-state index in [1.807, 2.05) is 0 Å². The van der Waals surface area contributed by atoms with Crippen molar-refractivity contribution in [1.29, 1.82) is 0 Å². The molecule has 1 N–H and O–H groups in total. The Morgan fingerprint density at radius 2 is 2.14 bits per heavy atom. The van der Waals surface area contributed by atoms with Crippen molar-refractivity contribution in [2.24, 2.45) is 5.92 Å². The third-order valence-corrected chi connectivity index (χ3v) is 2.67. The number of fused-ring (bicyclic) bond motifs is 1. The summed E-state index contributed by atoms with van der Waals surface area (Å²) in [5, 5.41) is 8.67. The number of carbonyl (C=O) groups excluding carboxylic acids is 2. The molecule has 14 heavy (non-hydrogen) atoms. The summed E-state index contributed by atoms with van der Waals surface area (Å²) in [6, 6.07) is -0.152. The molecule has 2 aliphatic heterocycles. The number of rotatable bonds is 1. The molecule has 2 aliphatic rings. The molecule has 0 bridgehead atoms. The number of hydrogen-bond donors (Lipinski definition) is 1. The largest absolute Gasteiger partial charge is 1.00 e. The van der Waals surface area contributed by atoms with Gasteiger partial charge in [-0.25, -0.2) is 0 Å². The summed E-state index contributed by atoms with van der Waals surface area (Å²) in [7, 11) is 0. The van der Waals surface area contributed by atoms with Gasteiger partial charge in [-0.2, -0.15) is 0 Å². The van der Waals surface area contributed by atoms with E-state index in [9.17, 15) is 14.4 Å². The molecule has 0 aliphatic carbocycles. The molecule has 72 valence electrons. The number of hydrogen-bond acceptors (Lipinski definition) is 3. The molecular formula is C8H10KNO4. The van der Waals surface area contributed by atoms with Crippen LogP contribution in [-0.2, 0) is 14.4 Å². The van der Waals surface area contributed by atoms with E-state index in [1.165, 1.54) is 0 Å². The Morgan fingerprint density at radius 3 is 2.64 bits per heavy atom. The maximum Gasteiger partial charge on any atom is 1.00 e. The summed E-state index contributed by atoms with van der Waals surface area (Å²) in [5.74, 6) is -2.86. The Morgan fingerprint density at radius 1 is 1.50 bits per heavy atom. The molecule has 2 heterocycles. The molecule has 2 amide bonds. The number of carboxylic acid groups (broad SMARTS) is 1. The van der Waals surface area contributed by atoms with E-state index in [0.29, 0.717) is 19.3 Å².